The van der Waals surface area contributed by atoms with E-state index in [1.165, 1.54) is 0 Å². The summed E-state index contributed by atoms with van der Waals surface area (Å²) in [7, 11) is 3.61. The van der Waals surface area contributed by atoms with E-state index in [-0.39, 0.29) is 12.2 Å². The summed E-state index contributed by atoms with van der Waals surface area (Å²) in [6.07, 6.45) is 0.990. The topological polar surface area (TPSA) is 39.7 Å². The first-order valence-electron chi connectivity index (χ1n) is 6.65. The van der Waals surface area contributed by atoms with Crippen LogP contribution in [0.1, 0.15) is 6.42 Å². The molecule has 0 heterocycles. The minimum Gasteiger partial charge on any atom is -0.485 e. The van der Waals surface area contributed by atoms with Gasteiger partial charge in [0, 0.05) is 24.0 Å². The molecule has 3 unspecified atom stereocenters. The summed E-state index contributed by atoms with van der Waals surface area (Å²) in [5.74, 6) is 0.804. The normalized spacial score (nSPS) is 24.7. The molecule has 1 aliphatic rings. The summed E-state index contributed by atoms with van der Waals surface area (Å²) in [6.45, 7) is 1.16. The third-order valence-electron chi connectivity index (χ3n) is 3.45. The van der Waals surface area contributed by atoms with Crippen molar-refractivity contribution in [3.63, 3.8) is 0 Å². The lowest BCUT2D eigenvalue weighted by Gasteiger charge is -2.43. The molecule has 0 spiro atoms. The van der Waals surface area contributed by atoms with Crippen molar-refractivity contribution in [2.24, 2.45) is 0 Å². The Morgan fingerprint density at radius 3 is 2.43 bits per heavy atom. The summed E-state index contributed by atoms with van der Waals surface area (Å²) in [4.78, 5) is 0. The molecule has 0 saturated heterocycles. The molecule has 1 aromatic carbocycles. The first-order valence-corrected chi connectivity index (χ1v) is 9.03. The Labute approximate surface area is 150 Å². The van der Waals surface area contributed by atoms with Crippen molar-refractivity contribution in [2.45, 2.75) is 24.7 Å². The molecule has 0 aromatic heterocycles. The summed E-state index contributed by atoms with van der Waals surface area (Å²) < 4.78 is 19.8. The second-order valence-corrected chi connectivity index (χ2v) is 7.44. The molecule has 3 atom stereocenters. The van der Waals surface area contributed by atoms with E-state index in [9.17, 15) is 0 Å². The average Bonchev–Trinajstić information content (AvgIpc) is 2.41. The van der Waals surface area contributed by atoms with Crippen LogP contribution in [0.4, 0.5) is 0 Å². The zero-order chi connectivity index (χ0) is 15.4. The lowest BCUT2D eigenvalue weighted by molar-refractivity contribution is -0.114. The van der Waals surface area contributed by atoms with E-state index in [4.69, 9.17) is 14.2 Å². The molecule has 4 nitrogen and oxygen atoms in total. The second kappa shape index (κ2) is 8.26. The molecular formula is C14H18Br3NO3. The average molecular weight is 488 g/mol. The van der Waals surface area contributed by atoms with Crippen molar-refractivity contribution in [2.75, 3.05) is 27.4 Å². The number of halogens is 3. The molecule has 0 bridgehead atoms. The van der Waals surface area contributed by atoms with Gasteiger partial charge in [0.2, 0.25) is 0 Å². The van der Waals surface area contributed by atoms with Crippen molar-refractivity contribution < 1.29 is 14.2 Å². The first-order chi connectivity index (χ1) is 10.1. The van der Waals surface area contributed by atoms with Crippen LogP contribution in [0.2, 0.25) is 0 Å². The van der Waals surface area contributed by atoms with E-state index in [0.29, 0.717) is 19.3 Å². The van der Waals surface area contributed by atoms with E-state index >= 15 is 0 Å². The first kappa shape index (κ1) is 17.7. The molecule has 1 aliphatic carbocycles. The van der Waals surface area contributed by atoms with Gasteiger partial charge in [-0.3, -0.25) is 0 Å². The van der Waals surface area contributed by atoms with Crippen LogP contribution in [-0.4, -0.2) is 45.6 Å². The van der Waals surface area contributed by atoms with E-state index in [1.54, 1.807) is 7.11 Å². The highest BCUT2D eigenvalue weighted by Gasteiger charge is 2.43. The van der Waals surface area contributed by atoms with Gasteiger partial charge in [0.15, 0.2) is 0 Å². The van der Waals surface area contributed by atoms with E-state index < -0.39 is 0 Å². The van der Waals surface area contributed by atoms with Crippen LogP contribution in [0.15, 0.2) is 25.6 Å². The Morgan fingerprint density at radius 2 is 1.86 bits per heavy atom. The van der Waals surface area contributed by atoms with Gasteiger partial charge in [-0.1, -0.05) is 15.9 Å². The van der Waals surface area contributed by atoms with Crippen LogP contribution in [0.25, 0.3) is 0 Å². The summed E-state index contributed by atoms with van der Waals surface area (Å²) in [5, 5.41) is 3.26. The molecule has 1 aromatic rings. The number of nitrogens with one attached hydrogen (secondary N) is 1. The van der Waals surface area contributed by atoms with Crippen LogP contribution in [0.3, 0.4) is 0 Å². The van der Waals surface area contributed by atoms with Gasteiger partial charge < -0.3 is 19.5 Å². The molecule has 0 radical (unpaired) electrons. The largest absolute Gasteiger partial charge is 0.485 e. The predicted octanol–water partition coefficient (Wildman–Crippen LogP) is 3.74. The SMILES string of the molecule is CNC1CC(Oc2c(Br)cc(Br)cc2Br)C1OCCOC. The number of likely N-dealkylation sites (N-methyl/N-ethyl adjacent to an activating group) is 1. The number of rotatable bonds is 7. The Kier molecular flexibility index (Phi) is 6.96. The van der Waals surface area contributed by atoms with Gasteiger partial charge in [-0.05, 0) is 51.0 Å². The molecule has 2 rings (SSSR count). The van der Waals surface area contributed by atoms with Gasteiger partial charge in [-0.25, -0.2) is 0 Å². The molecule has 1 fully saturated rings. The molecule has 0 aliphatic heterocycles. The maximum atomic E-state index is 6.12. The lowest BCUT2D eigenvalue weighted by atomic mass is 9.85. The Balaban J connectivity index is 2.02. The van der Waals surface area contributed by atoms with Gasteiger partial charge in [0.05, 0.1) is 22.2 Å². The molecular weight excluding hydrogens is 470 g/mol. The fraction of sp³-hybridized carbons (Fsp3) is 0.571. The lowest BCUT2D eigenvalue weighted by Crippen LogP contribution is -2.60. The van der Waals surface area contributed by atoms with Crippen molar-refractivity contribution in [3.05, 3.63) is 25.6 Å². The number of hydrogen-bond donors (Lipinski definition) is 1. The summed E-state index contributed by atoms with van der Waals surface area (Å²) in [5.41, 5.74) is 0. The van der Waals surface area contributed by atoms with Crippen LogP contribution in [-0.2, 0) is 9.47 Å². The second-order valence-electron chi connectivity index (χ2n) is 4.81. The molecule has 21 heavy (non-hydrogen) atoms. The van der Waals surface area contributed by atoms with Gasteiger partial charge in [0.25, 0.3) is 0 Å². The fourth-order valence-electron chi connectivity index (χ4n) is 2.26. The smallest absolute Gasteiger partial charge is 0.148 e. The number of ether oxygens (including phenoxy) is 3. The van der Waals surface area contributed by atoms with E-state index in [2.05, 4.69) is 53.1 Å². The van der Waals surface area contributed by atoms with Crippen molar-refractivity contribution in [1.82, 2.24) is 5.32 Å². The third-order valence-corrected chi connectivity index (χ3v) is 5.09. The van der Waals surface area contributed by atoms with Crippen LogP contribution >= 0.6 is 47.8 Å². The van der Waals surface area contributed by atoms with Crippen molar-refractivity contribution >= 4 is 47.8 Å². The molecule has 1 saturated carbocycles. The quantitative estimate of drug-likeness (QED) is 0.595. The minimum atomic E-state index is 0.0348. The number of benzene rings is 1. The molecule has 7 heteroatoms. The highest BCUT2D eigenvalue weighted by atomic mass is 79.9. The maximum Gasteiger partial charge on any atom is 0.148 e. The standard InChI is InChI=1S/C14H18Br3NO3/c1-18-11-7-12(14(11)20-4-3-19-2)21-13-9(16)5-8(15)6-10(13)17/h5-6,11-12,14,18H,3-4,7H2,1-2H3. The molecule has 0 amide bonds. The fourth-order valence-corrected chi connectivity index (χ4v) is 4.71. The Hall–Kier alpha value is 0.340. The van der Waals surface area contributed by atoms with Crippen LogP contribution < -0.4 is 10.1 Å². The highest BCUT2D eigenvalue weighted by Crippen LogP contribution is 2.39. The monoisotopic (exact) mass is 485 g/mol. The zero-order valence-corrected chi connectivity index (χ0v) is 16.6. The van der Waals surface area contributed by atoms with Gasteiger partial charge in [-0.15, -0.1) is 0 Å². The summed E-state index contributed by atoms with van der Waals surface area (Å²) in [6, 6.07) is 4.25. The van der Waals surface area contributed by atoms with E-state index in [1.807, 2.05) is 19.2 Å². The van der Waals surface area contributed by atoms with Gasteiger partial charge in [0.1, 0.15) is 18.0 Å². The third kappa shape index (κ3) is 4.42. The summed E-state index contributed by atoms with van der Waals surface area (Å²) >= 11 is 10.5. The van der Waals surface area contributed by atoms with Crippen molar-refractivity contribution in [1.29, 1.82) is 0 Å². The molecule has 1 N–H and O–H groups in total. The predicted molar refractivity (Wildman–Crippen MR) is 93.0 cm³/mol. The molecule has 118 valence electrons. The van der Waals surface area contributed by atoms with E-state index in [0.717, 1.165) is 25.6 Å². The zero-order valence-electron chi connectivity index (χ0n) is 11.9. The van der Waals surface area contributed by atoms with Gasteiger partial charge in [-0.2, -0.15) is 0 Å². The maximum absolute atomic E-state index is 6.12. The van der Waals surface area contributed by atoms with Crippen LogP contribution in [0, 0.1) is 0 Å². The highest BCUT2D eigenvalue weighted by molar-refractivity contribution is 9.11. The minimum absolute atomic E-state index is 0.0348. The van der Waals surface area contributed by atoms with Gasteiger partial charge >= 0.3 is 0 Å². The van der Waals surface area contributed by atoms with Crippen LogP contribution in [0.5, 0.6) is 5.75 Å². The van der Waals surface area contributed by atoms with Crippen molar-refractivity contribution in [3.8, 4) is 5.75 Å². The Bertz CT molecular complexity index is 464. The Morgan fingerprint density at radius 1 is 1.19 bits per heavy atom. The number of methoxy groups -OCH3 is 1. The number of hydrogen-bond acceptors (Lipinski definition) is 4.